The molecule has 1 aliphatic rings. The van der Waals surface area contributed by atoms with Gasteiger partial charge in [0.1, 0.15) is 5.69 Å². The summed E-state index contributed by atoms with van der Waals surface area (Å²) in [5.41, 5.74) is 3.16. The zero-order chi connectivity index (χ0) is 19.0. The van der Waals surface area contributed by atoms with Crippen LogP contribution in [0.1, 0.15) is 47.2 Å². The van der Waals surface area contributed by atoms with Crippen molar-refractivity contribution < 1.29 is 4.79 Å². The summed E-state index contributed by atoms with van der Waals surface area (Å²) in [6.45, 7) is 2.58. The highest BCUT2D eigenvalue weighted by atomic mass is 16.2. The number of fused-ring (bicyclic) bond motifs is 1. The number of amides is 1. The smallest absolute Gasteiger partial charge is 0.274 e. The zero-order valence-corrected chi connectivity index (χ0v) is 16.0. The average Bonchev–Trinajstić information content (AvgIpc) is 3.15. The molecule has 0 unspecified atom stereocenters. The van der Waals surface area contributed by atoms with Crippen LogP contribution in [0.5, 0.6) is 0 Å². The maximum Gasteiger partial charge on any atom is 0.274 e. The Labute approximate surface area is 158 Å². The summed E-state index contributed by atoms with van der Waals surface area (Å²) >= 11 is 0. The monoisotopic (exact) mass is 364 g/mol. The molecule has 27 heavy (non-hydrogen) atoms. The fraction of sp³-hybridized carbons (Fsp3) is 0.400. The first kappa shape index (κ1) is 17.5. The van der Waals surface area contributed by atoms with Crippen molar-refractivity contribution in [1.29, 1.82) is 0 Å². The predicted octanol–water partition coefficient (Wildman–Crippen LogP) is 2.87. The first-order chi connectivity index (χ1) is 13.0. The number of piperidine rings is 1. The lowest BCUT2D eigenvalue weighted by Crippen LogP contribution is -2.39. The predicted molar refractivity (Wildman–Crippen MR) is 104 cm³/mol. The Balaban J connectivity index is 1.73. The molecule has 0 aromatic carbocycles. The Bertz CT molecular complexity index is 962. The van der Waals surface area contributed by atoms with Gasteiger partial charge < -0.3 is 14.2 Å². The van der Waals surface area contributed by atoms with Crippen molar-refractivity contribution in [3.63, 3.8) is 0 Å². The lowest BCUT2D eigenvalue weighted by molar-refractivity contribution is 0.0599. The average molecular weight is 364 g/mol. The number of carbonyl (C=O) groups excluding carboxylic acids is 1. The van der Waals surface area contributed by atoms with E-state index in [9.17, 15) is 4.79 Å². The molecule has 4 rings (SSSR count). The molecule has 1 amide bonds. The molecule has 0 bridgehead atoms. The molecule has 0 radical (unpaired) electrons. The van der Waals surface area contributed by atoms with E-state index in [1.54, 1.807) is 12.4 Å². The van der Waals surface area contributed by atoms with Crippen LogP contribution in [-0.4, -0.2) is 50.8 Å². The summed E-state index contributed by atoms with van der Waals surface area (Å²) in [6, 6.07) is 4.01. The molecule has 1 aliphatic heterocycles. The van der Waals surface area contributed by atoms with Gasteiger partial charge in [-0.05, 0) is 38.3 Å². The van der Waals surface area contributed by atoms with Crippen molar-refractivity contribution in [2.45, 2.75) is 32.2 Å². The first-order valence-corrected chi connectivity index (χ1v) is 9.29. The highest BCUT2D eigenvalue weighted by molar-refractivity contribution is 5.92. The van der Waals surface area contributed by atoms with E-state index >= 15 is 0 Å². The van der Waals surface area contributed by atoms with Crippen molar-refractivity contribution in [2.24, 2.45) is 0 Å². The third kappa shape index (κ3) is 3.25. The fourth-order valence-electron chi connectivity index (χ4n) is 3.67. The minimum atomic E-state index is -0.0759. The van der Waals surface area contributed by atoms with E-state index in [1.165, 1.54) is 0 Å². The Morgan fingerprint density at radius 1 is 1.22 bits per heavy atom. The van der Waals surface area contributed by atoms with Gasteiger partial charge in [0.15, 0.2) is 5.82 Å². The van der Waals surface area contributed by atoms with Gasteiger partial charge in [-0.2, -0.15) is 0 Å². The van der Waals surface area contributed by atoms with E-state index < -0.39 is 0 Å². The van der Waals surface area contributed by atoms with Gasteiger partial charge in [-0.3, -0.25) is 9.78 Å². The van der Waals surface area contributed by atoms with Gasteiger partial charge in [0.25, 0.3) is 5.91 Å². The third-order valence-corrected chi connectivity index (χ3v) is 5.04. The van der Waals surface area contributed by atoms with Crippen LogP contribution in [0, 0.1) is 6.92 Å². The van der Waals surface area contributed by atoms with Gasteiger partial charge in [-0.15, -0.1) is 0 Å². The van der Waals surface area contributed by atoms with Gasteiger partial charge in [-0.25, -0.2) is 9.97 Å². The lowest BCUT2D eigenvalue weighted by atomic mass is 9.99. The number of likely N-dealkylation sites (tertiary alicyclic amines) is 1. The number of aryl methyl sites for hydroxylation is 1. The fourth-order valence-corrected chi connectivity index (χ4v) is 3.67. The van der Waals surface area contributed by atoms with Crippen molar-refractivity contribution in [3.8, 4) is 0 Å². The Kier molecular flexibility index (Phi) is 4.51. The highest BCUT2D eigenvalue weighted by Gasteiger charge is 2.31. The first-order valence-electron chi connectivity index (χ1n) is 9.29. The maximum absolute atomic E-state index is 13.1. The standard InChI is InChI=1S/C20H24N6O/c1-14-11-22-15(12-21-14)20(27)26-10-5-4-7-17(26)16-13-25-9-6-8-18(25)19(23-16)24(2)3/h6,8-9,11-13,17H,4-5,7,10H2,1-3H3/t17-/m1/s1. The third-order valence-electron chi connectivity index (χ3n) is 5.04. The zero-order valence-electron chi connectivity index (χ0n) is 16.0. The molecule has 140 valence electrons. The largest absolute Gasteiger partial charge is 0.361 e. The number of nitrogens with zero attached hydrogens (tertiary/aromatic N) is 6. The van der Waals surface area contributed by atoms with Crippen LogP contribution in [-0.2, 0) is 0 Å². The van der Waals surface area contributed by atoms with E-state index in [0.717, 1.165) is 42.0 Å². The van der Waals surface area contributed by atoms with E-state index in [0.29, 0.717) is 12.2 Å². The van der Waals surface area contributed by atoms with E-state index in [1.807, 2.05) is 49.3 Å². The molecule has 3 aromatic heterocycles. The molecule has 0 N–H and O–H groups in total. The maximum atomic E-state index is 13.1. The van der Waals surface area contributed by atoms with E-state index in [4.69, 9.17) is 4.98 Å². The number of hydrogen-bond donors (Lipinski definition) is 0. The summed E-state index contributed by atoms with van der Waals surface area (Å²) in [5.74, 6) is 0.832. The summed E-state index contributed by atoms with van der Waals surface area (Å²) < 4.78 is 2.08. The minimum Gasteiger partial charge on any atom is -0.361 e. The summed E-state index contributed by atoms with van der Waals surface area (Å²) in [4.78, 5) is 30.4. The number of rotatable bonds is 3. The van der Waals surface area contributed by atoms with E-state index in [2.05, 4.69) is 20.4 Å². The Hall–Kier alpha value is -2.96. The van der Waals surface area contributed by atoms with Crippen molar-refractivity contribution in [3.05, 3.63) is 54.0 Å². The second-order valence-corrected chi connectivity index (χ2v) is 7.24. The number of anilines is 1. The topological polar surface area (TPSA) is 66.6 Å². The lowest BCUT2D eigenvalue weighted by Gasteiger charge is -2.35. The molecule has 0 saturated carbocycles. The molecular weight excluding hydrogens is 340 g/mol. The van der Waals surface area contributed by atoms with Crippen LogP contribution in [0.15, 0.2) is 36.9 Å². The van der Waals surface area contributed by atoms with Crippen LogP contribution in [0.25, 0.3) is 5.52 Å². The second kappa shape index (κ2) is 6.98. The van der Waals surface area contributed by atoms with Gasteiger partial charge in [0.05, 0.1) is 29.1 Å². The van der Waals surface area contributed by atoms with Crippen LogP contribution >= 0.6 is 0 Å². The molecule has 7 heteroatoms. The summed E-state index contributed by atoms with van der Waals surface area (Å²) in [6.07, 6.45) is 10.2. The molecule has 0 aliphatic carbocycles. The van der Waals surface area contributed by atoms with E-state index in [-0.39, 0.29) is 11.9 Å². The highest BCUT2D eigenvalue weighted by Crippen LogP contribution is 2.32. The SMILES string of the molecule is Cc1cnc(C(=O)N2CCCC[C@@H]2c2cn3cccc3c(N(C)C)n2)cn1. The normalized spacial score (nSPS) is 17.3. The van der Waals surface area contributed by atoms with Crippen molar-refractivity contribution in [1.82, 2.24) is 24.3 Å². The van der Waals surface area contributed by atoms with Crippen LogP contribution < -0.4 is 4.90 Å². The molecule has 1 fully saturated rings. The number of aromatic nitrogens is 4. The molecule has 3 aromatic rings. The Morgan fingerprint density at radius 2 is 2.07 bits per heavy atom. The molecule has 7 nitrogen and oxygen atoms in total. The molecule has 1 saturated heterocycles. The van der Waals surface area contributed by atoms with Crippen molar-refractivity contribution in [2.75, 3.05) is 25.5 Å². The number of hydrogen-bond acceptors (Lipinski definition) is 5. The number of carbonyl (C=O) groups is 1. The van der Waals surface area contributed by atoms with Gasteiger partial charge >= 0.3 is 0 Å². The molecule has 4 heterocycles. The van der Waals surface area contributed by atoms with Crippen LogP contribution in [0.4, 0.5) is 5.82 Å². The molecule has 0 spiro atoms. The summed E-state index contributed by atoms with van der Waals surface area (Å²) in [7, 11) is 3.98. The Morgan fingerprint density at radius 3 is 2.81 bits per heavy atom. The minimum absolute atomic E-state index is 0.0557. The summed E-state index contributed by atoms with van der Waals surface area (Å²) in [5, 5.41) is 0. The van der Waals surface area contributed by atoms with Crippen LogP contribution in [0.2, 0.25) is 0 Å². The molecular formula is C20H24N6O. The van der Waals surface area contributed by atoms with Gasteiger partial charge in [-0.1, -0.05) is 0 Å². The van der Waals surface area contributed by atoms with Crippen LogP contribution in [0.3, 0.4) is 0 Å². The second-order valence-electron chi connectivity index (χ2n) is 7.24. The molecule has 1 atom stereocenters. The quantitative estimate of drug-likeness (QED) is 0.715. The van der Waals surface area contributed by atoms with Gasteiger partial charge in [0.2, 0.25) is 0 Å². The van der Waals surface area contributed by atoms with Crippen molar-refractivity contribution >= 4 is 17.2 Å². The van der Waals surface area contributed by atoms with Gasteiger partial charge in [0, 0.05) is 39.2 Å².